The smallest absolute Gasteiger partial charge is 0.251 e. The Bertz CT molecular complexity index is 1010. The number of rotatable bonds is 7. The van der Waals surface area contributed by atoms with E-state index in [4.69, 9.17) is 4.74 Å². The minimum absolute atomic E-state index is 0.0864. The molecule has 0 saturated carbocycles. The van der Waals surface area contributed by atoms with Crippen molar-refractivity contribution in [1.82, 2.24) is 10.3 Å². The molecule has 6 heteroatoms. The Kier molecular flexibility index (Phi) is 9.03. The summed E-state index contributed by atoms with van der Waals surface area (Å²) in [5.74, 6) is 6.37. The second-order valence-corrected chi connectivity index (χ2v) is 7.43. The van der Waals surface area contributed by atoms with E-state index in [1.807, 2.05) is 49.5 Å². The molecule has 32 heavy (non-hydrogen) atoms. The Morgan fingerprint density at radius 2 is 2.00 bits per heavy atom. The fourth-order valence-corrected chi connectivity index (χ4v) is 3.48. The summed E-state index contributed by atoms with van der Waals surface area (Å²) in [4.78, 5) is 23.1. The molecule has 2 heterocycles. The number of morpholine rings is 1. The lowest BCUT2D eigenvalue weighted by Gasteiger charge is -2.30. The highest BCUT2D eigenvalue weighted by Gasteiger charge is 2.16. The van der Waals surface area contributed by atoms with Crippen LogP contribution in [0.1, 0.15) is 41.3 Å². The summed E-state index contributed by atoms with van der Waals surface area (Å²) < 4.78 is 5.49. The van der Waals surface area contributed by atoms with Crippen molar-refractivity contribution >= 4 is 17.8 Å². The van der Waals surface area contributed by atoms with Gasteiger partial charge >= 0.3 is 0 Å². The van der Waals surface area contributed by atoms with Crippen molar-refractivity contribution in [2.75, 3.05) is 44.8 Å². The van der Waals surface area contributed by atoms with Gasteiger partial charge in [-0.1, -0.05) is 17.9 Å². The molecule has 2 aromatic rings. The van der Waals surface area contributed by atoms with Gasteiger partial charge in [-0.15, -0.1) is 0 Å². The summed E-state index contributed by atoms with van der Waals surface area (Å²) in [6.07, 6.45) is 9.10. The van der Waals surface area contributed by atoms with Crippen molar-refractivity contribution in [2.45, 2.75) is 19.8 Å². The maximum Gasteiger partial charge on any atom is 0.251 e. The van der Waals surface area contributed by atoms with Crippen LogP contribution < -0.4 is 10.2 Å². The number of pyridine rings is 1. The predicted octanol–water partition coefficient (Wildman–Crippen LogP) is 3.47. The average Bonchev–Trinajstić information content (AvgIpc) is 2.85. The molecule has 0 aliphatic carbocycles. The summed E-state index contributed by atoms with van der Waals surface area (Å²) >= 11 is 0. The number of hydrogen-bond donors (Lipinski definition) is 1. The van der Waals surface area contributed by atoms with E-state index in [9.17, 15) is 4.79 Å². The molecule has 6 nitrogen and oxygen atoms in total. The Morgan fingerprint density at radius 3 is 2.72 bits per heavy atom. The van der Waals surface area contributed by atoms with Crippen LogP contribution in [-0.2, 0) is 4.74 Å². The van der Waals surface area contributed by atoms with Crippen LogP contribution in [0.3, 0.4) is 0 Å². The number of hydrogen-bond acceptors (Lipinski definition) is 5. The maximum atomic E-state index is 12.8. The van der Waals surface area contributed by atoms with Crippen molar-refractivity contribution in [3.05, 3.63) is 71.1 Å². The number of nitrogens with one attached hydrogen (secondary N) is 1. The number of amides is 1. The van der Waals surface area contributed by atoms with Crippen molar-refractivity contribution in [1.29, 1.82) is 0 Å². The van der Waals surface area contributed by atoms with Crippen molar-refractivity contribution < 1.29 is 9.53 Å². The fourth-order valence-electron chi connectivity index (χ4n) is 3.48. The first-order valence-corrected chi connectivity index (χ1v) is 11.0. The lowest BCUT2D eigenvalue weighted by molar-refractivity contribution is 0.0953. The van der Waals surface area contributed by atoms with Crippen molar-refractivity contribution in [3.8, 4) is 11.8 Å². The second kappa shape index (κ2) is 12.4. The van der Waals surface area contributed by atoms with E-state index in [0.29, 0.717) is 25.3 Å². The highest BCUT2D eigenvalue weighted by atomic mass is 16.5. The molecule has 1 aromatic carbocycles. The Hall–Kier alpha value is -3.43. The van der Waals surface area contributed by atoms with E-state index < -0.39 is 0 Å². The number of nitrogens with zero attached hydrogens (tertiary/aromatic N) is 3. The molecule has 1 N–H and O–H groups in total. The van der Waals surface area contributed by atoms with Crippen LogP contribution in [-0.4, -0.2) is 57.0 Å². The van der Waals surface area contributed by atoms with E-state index in [0.717, 1.165) is 42.7 Å². The monoisotopic (exact) mass is 430 g/mol. The normalized spacial score (nSPS) is 14.2. The van der Waals surface area contributed by atoms with Crippen LogP contribution >= 0.6 is 0 Å². The van der Waals surface area contributed by atoms with Gasteiger partial charge in [-0.2, -0.15) is 0 Å². The van der Waals surface area contributed by atoms with Gasteiger partial charge in [0, 0.05) is 62.0 Å². The van der Waals surface area contributed by atoms with Gasteiger partial charge in [0.25, 0.3) is 5.91 Å². The minimum Gasteiger partial charge on any atom is -0.378 e. The number of ether oxygens (including phenoxy) is 1. The van der Waals surface area contributed by atoms with Crippen LogP contribution in [0.5, 0.6) is 0 Å². The minimum atomic E-state index is -0.0864. The van der Waals surface area contributed by atoms with Gasteiger partial charge in [-0.3, -0.25) is 14.8 Å². The van der Waals surface area contributed by atoms with Gasteiger partial charge in [-0.25, -0.2) is 0 Å². The molecule has 0 bridgehead atoms. The van der Waals surface area contributed by atoms with Gasteiger partial charge in [-0.05, 0) is 55.7 Å². The summed E-state index contributed by atoms with van der Waals surface area (Å²) in [6, 6.07) is 9.50. The third-order valence-electron chi connectivity index (χ3n) is 5.23. The molecule has 166 valence electrons. The highest BCUT2D eigenvalue weighted by molar-refractivity contribution is 5.95. The molecular formula is C26H30N4O2. The summed E-state index contributed by atoms with van der Waals surface area (Å²) in [7, 11) is 1.76. The Balaban J connectivity index is 1.74. The van der Waals surface area contributed by atoms with Crippen LogP contribution in [0.15, 0.2) is 59.4 Å². The second-order valence-electron chi connectivity index (χ2n) is 7.43. The van der Waals surface area contributed by atoms with Gasteiger partial charge in [0.2, 0.25) is 0 Å². The SMILES string of the molecule is C/C=C(\C=NC)CCCNC(=O)c1ccc(N2CCOCC2)c(C#Cc2ccncc2)c1. The quantitative estimate of drug-likeness (QED) is 0.415. The Morgan fingerprint density at radius 1 is 1.22 bits per heavy atom. The first kappa shape index (κ1) is 23.2. The standard InChI is InChI=1S/C26H30N4O2/c1-3-21(20-27-2)5-4-12-29-26(31)24-8-9-25(30-15-17-32-18-16-30)23(19-24)7-6-22-10-13-28-14-11-22/h3,8-11,13-14,19-20H,4-5,12,15-18H2,1-2H3,(H,29,31)/b21-3-,27-20?. The number of anilines is 1. The van der Waals surface area contributed by atoms with Crippen molar-refractivity contribution in [2.24, 2.45) is 4.99 Å². The first-order valence-electron chi connectivity index (χ1n) is 11.0. The average molecular weight is 431 g/mol. The molecule has 0 spiro atoms. The topological polar surface area (TPSA) is 66.8 Å². The molecule has 0 atom stereocenters. The van der Waals surface area contributed by atoms with Crippen LogP contribution in [0, 0.1) is 11.8 Å². The number of allylic oxidation sites excluding steroid dienone is 2. The zero-order valence-electron chi connectivity index (χ0n) is 18.8. The number of carbonyl (C=O) groups is 1. The number of carbonyl (C=O) groups excluding carboxylic acids is 1. The van der Waals surface area contributed by atoms with Crippen molar-refractivity contribution in [3.63, 3.8) is 0 Å². The number of aliphatic imine (C=N–C) groups is 1. The highest BCUT2D eigenvalue weighted by Crippen LogP contribution is 2.23. The molecule has 1 amide bonds. The van der Waals surface area contributed by atoms with E-state index in [1.54, 1.807) is 19.4 Å². The van der Waals surface area contributed by atoms with E-state index >= 15 is 0 Å². The predicted molar refractivity (Wildman–Crippen MR) is 129 cm³/mol. The molecule has 1 aliphatic rings. The molecule has 1 fully saturated rings. The lowest BCUT2D eigenvalue weighted by Crippen LogP contribution is -2.36. The van der Waals surface area contributed by atoms with Gasteiger partial charge in [0.1, 0.15) is 0 Å². The summed E-state index contributed by atoms with van der Waals surface area (Å²) in [5, 5.41) is 3.02. The maximum absolute atomic E-state index is 12.8. The molecule has 3 rings (SSSR count). The third kappa shape index (κ3) is 6.79. The van der Waals surface area contributed by atoms with Crippen LogP contribution in [0.2, 0.25) is 0 Å². The summed E-state index contributed by atoms with van der Waals surface area (Å²) in [5.41, 5.74) is 4.54. The van der Waals surface area contributed by atoms with E-state index in [2.05, 4.69) is 32.0 Å². The zero-order chi connectivity index (χ0) is 22.6. The van der Waals surface area contributed by atoms with Gasteiger partial charge in [0.05, 0.1) is 18.9 Å². The molecule has 1 saturated heterocycles. The molecule has 1 aliphatic heterocycles. The Labute approximate surface area is 190 Å². The van der Waals surface area contributed by atoms with Crippen LogP contribution in [0.25, 0.3) is 0 Å². The molecule has 0 radical (unpaired) electrons. The van der Waals surface area contributed by atoms with Gasteiger partial charge < -0.3 is 15.0 Å². The first-order chi connectivity index (χ1) is 15.7. The van der Waals surface area contributed by atoms with Gasteiger partial charge in [0.15, 0.2) is 0 Å². The number of benzene rings is 1. The number of aromatic nitrogens is 1. The molecule has 1 aromatic heterocycles. The molecular weight excluding hydrogens is 400 g/mol. The molecule has 0 unspecified atom stereocenters. The third-order valence-corrected chi connectivity index (χ3v) is 5.23. The fraction of sp³-hybridized carbons (Fsp3) is 0.346. The lowest BCUT2D eigenvalue weighted by atomic mass is 10.1. The van der Waals surface area contributed by atoms with E-state index in [-0.39, 0.29) is 5.91 Å². The largest absolute Gasteiger partial charge is 0.378 e. The summed E-state index contributed by atoms with van der Waals surface area (Å²) in [6.45, 7) is 5.61. The van der Waals surface area contributed by atoms with E-state index in [1.165, 1.54) is 5.57 Å². The zero-order valence-corrected chi connectivity index (χ0v) is 18.8. The van der Waals surface area contributed by atoms with Crippen LogP contribution in [0.4, 0.5) is 5.69 Å².